The first-order valence-electron chi connectivity index (χ1n) is 4.08. The van der Waals surface area contributed by atoms with Crippen LogP contribution in [-0.4, -0.2) is 50.5 Å². The molecule has 0 unspecified atom stereocenters. The summed E-state index contributed by atoms with van der Waals surface area (Å²) < 4.78 is 0. The summed E-state index contributed by atoms with van der Waals surface area (Å²) in [6, 6.07) is 0. The molecule has 0 rings (SSSR count). The Kier molecular flexibility index (Phi) is 5.65. The average Bonchev–Trinajstić information content (AvgIpc) is 2.14. The highest BCUT2D eigenvalue weighted by molar-refractivity contribution is 5.01. The molecule has 0 aliphatic heterocycles. The molecule has 3 atom stereocenters. The highest BCUT2D eigenvalue weighted by Crippen LogP contribution is 2.08. The van der Waals surface area contributed by atoms with Gasteiger partial charge in [0.05, 0.1) is 6.61 Å². The van der Waals surface area contributed by atoms with E-state index in [9.17, 15) is 5.11 Å². The zero-order valence-corrected chi connectivity index (χ0v) is 7.46. The SMILES string of the molecule is CCC=C(O)[C@H](O)[C@@H](O)[C@H](O)CO. The van der Waals surface area contributed by atoms with E-state index in [1.165, 1.54) is 6.08 Å². The highest BCUT2D eigenvalue weighted by Gasteiger charge is 2.26. The predicted molar refractivity (Wildman–Crippen MR) is 46.1 cm³/mol. The van der Waals surface area contributed by atoms with E-state index < -0.39 is 30.7 Å². The van der Waals surface area contributed by atoms with Crippen molar-refractivity contribution in [3.63, 3.8) is 0 Å². The lowest BCUT2D eigenvalue weighted by atomic mass is 10.1. The lowest BCUT2D eigenvalue weighted by Crippen LogP contribution is -2.40. The van der Waals surface area contributed by atoms with E-state index in [2.05, 4.69) is 0 Å². The van der Waals surface area contributed by atoms with Crippen LogP contribution in [-0.2, 0) is 0 Å². The molecule has 0 aromatic heterocycles. The largest absolute Gasteiger partial charge is 0.510 e. The lowest BCUT2D eigenvalue weighted by Gasteiger charge is -2.20. The third-order valence-corrected chi connectivity index (χ3v) is 1.62. The number of hydrogen-bond donors (Lipinski definition) is 5. The van der Waals surface area contributed by atoms with Crippen molar-refractivity contribution < 1.29 is 25.5 Å². The second kappa shape index (κ2) is 5.93. The lowest BCUT2D eigenvalue weighted by molar-refractivity contribution is -0.0742. The summed E-state index contributed by atoms with van der Waals surface area (Å²) in [7, 11) is 0. The van der Waals surface area contributed by atoms with Crippen LogP contribution in [0.3, 0.4) is 0 Å². The molecule has 13 heavy (non-hydrogen) atoms. The van der Waals surface area contributed by atoms with Gasteiger partial charge in [-0.05, 0) is 12.5 Å². The Morgan fingerprint density at radius 2 is 1.85 bits per heavy atom. The Labute approximate surface area is 76.6 Å². The van der Waals surface area contributed by atoms with Crippen molar-refractivity contribution in [1.29, 1.82) is 0 Å². The molecule has 0 bridgehead atoms. The Balaban J connectivity index is 4.24. The van der Waals surface area contributed by atoms with Gasteiger partial charge in [0, 0.05) is 0 Å². The summed E-state index contributed by atoms with van der Waals surface area (Å²) in [6.07, 6.45) is -2.76. The minimum Gasteiger partial charge on any atom is -0.510 e. The van der Waals surface area contributed by atoms with Crippen LogP contribution in [0.15, 0.2) is 11.8 Å². The van der Waals surface area contributed by atoms with Gasteiger partial charge in [0.2, 0.25) is 0 Å². The van der Waals surface area contributed by atoms with Crippen molar-refractivity contribution in [2.75, 3.05) is 6.61 Å². The van der Waals surface area contributed by atoms with Crippen molar-refractivity contribution >= 4 is 0 Å². The minimum atomic E-state index is -1.58. The molecular weight excluding hydrogens is 176 g/mol. The molecule has 5 N–H and O–H groups in total. The van der Waals surface area contributed by atoms with Crippen LogP contribution < -0.4 is 0 Å². The molecule has 0 aromatic carbocycles. The summed E-state index contributed by atoms with van der Waals surface area (Å²) in [5.41, 5.74) is 0. The van der Waals surface area contributed by atoms with Gasteiger partial charge < -0.3 is 25.5 Å². The predicted octanol–water partition coefficient (Wildman–Crippen LogP) is -1.09. The van der Waals surface area contributed by atoms with Gasteiger partial charge in [0.15, 0.2) is 0 Å². The van der Waals surface area contributed by atoms with Crippen molar-refractivity contribution in [2.24, 2.45) is 0 Å². The molecule has 5 nitrogen and oxygen atoms in total. The summed E-state index contributed by atoms with van der Waals surface area (Å²) in [4.78, 5) is 0. The van der Waals surface area contributed by atoms with E-state index >= 15 is 0 Å². The zero-order chi connectivity index (χ0) is 10.4. The van der Waals surface area contributed by atoms with Gasteiger partial charge in [0.1, 0.15) is 24.1 Å². The molecule has 0 fully saturated rings. The van der Waals surface area contributed by atoms with E-state index in [0.717, 1.165) is 0 Å². The van der Waals surface area contributed by atoms with Gasteiger partial charge in [-0.25, -0.2) is 0 Å². The number of rotatable bonds is 5. The van der Waals surface area contributed by atoms with E-state index in [4.69, 9.17) is 20.4 Å². The smallest absolute Gasteiger partial charge is 0.139 e. The fraction of sp³-hybridized carbons (Fsp3) is 0.750. The molecule has 0 spiro atoms. The van der Waals surface area contributed by atoms with E-state index in [1.54, 1.807) is 6.92 Å². The second-order valence-electron chi connectivity index (χ2n) is 2.72. The van der Waals surface area contributed by atoms with Crippen LogP contribution in [0.4, 0.5) is 0 Å². The van der Waals surface area contributed by atoms with Crippen LogP contribution in [0.2, 0.25) is 0 Å². The average molecular weight is 192 g/mol. The first-order valence-corrected chi connectivity index (χ1v) is 4.08. The number of aliphatic hydroxyl groups excluding tert-OH is 5. The van der Waals surface area contributed by atoms with Crippen LogP contribution >= 0.6 is 0 Å². The van der Waals surface area contributed by atoms with Gasteiger partial charge >= 0.3 is 0 Å². The summed E-state index contributed by atoms with van der Waals surface area (Å²) in [6.45, 7) is 1.08. The summed E-state index contributed by atoms with van der Waals surface area (Å²) in [5, 5.41) is 44.8. The molecule has 0 aliphatic carbocycles. The number of allylic oxidation sites excluding steroid dienone is 1. The van der Waals surface area contributed by atoms with Gasteiger partial charge in [-0.3, -0.25) is 0 Å². The third-order valence-electron chi connectivity index (χ3n) is 1.62. The second-order valence-corrected chi connectivity index (χ2v) is 2.72. The van der Waals surface area contributed by atoms with Crippen molar-refractivity contribution in [2.45, 2.75) is 31.7 Å². The Bertz CT molecular complexity index is 168. The molecule has 0 radical (unpaired) electrons. The Morgan fingerprint density at radius 3 is 2.23 bits per heavy atom. The molecule has 0 amide bonds. The van der Waals surface area contributed by atoms with Crippen LogP contribution in [0, 0.1) is 0 Å². The van der Waals surface area contributed by atoms with Gasteiger partial charge in [0.25, 0.3) is 0 Å². The maximum atomic E-state index is 9.18. The van der Waals surface area contributed by atoms with E-state index in [1.807, 2.05) is 0 Å². The molecule has 5 heteroatoms. The molecule has 0 heterocycles. The zero-order valence-electron chi connectivity index (χ0n) is 7.46. The molecule has 78 valence electrons. The summed E-state index contributed by atoms with van der Waals surface area (Å²) in [5.74, 6) is -0.400. The van der Waals surface area contributed by atoms with Crippen LogP contribution in [0.5, 0.6) is 0 Å². The first kappa shape index (κ1) is 12.4. The van der Waals surface area contributed by atoms with Gasteiger partial charge in [-0.2, -0.15) is 0 Å². The Hall–Kier alpha value is -0.620. The quantitative estimate of drug-likeness (QED) is 0.356. The summed E-state index contributed by atoms with van der Waals surface area (Å²) >= 11 is 0. The maximum absolute atomic E-state index is 9.18. The molecule has 0 saturated carbocycles. The van der Waals surface area contributed by atoms with E-state index in [-0.39, 0.29) is 0 Å². The van der Waals surface area contributed by atoms with E-state index in [0.29, 0.717) is 6.42 Å². The molecule has 0 saturated heterocycles. The third kappa shape index (κ3) is 3.73. The topological polar surface area (TPSA) is 101 Å². The molecule has 0 aliphatic rings. The molecule has 0 aromatic rings. The Morgan fingerprint density at radius 1 is 1.31 bits per heavy atom. The van der Waals surface area contributed by atoms with Gasteiger partial charge in [-0.15, -0.1) is 0 Å². The highest BCUT2D eigenvalue weighted by atomic mass is 16.4. The maximum Gasteiger partial charge on any atom is 0.139 e. The van der Waals surface area contributed by atoms with Crippen molar-refractivity contribution in [1.82, 2.24) is 0 Å². The number of aliphatic hydroxyl groups is 5. The van der Waals surface area contributed by atoms with Crippen LogP contribution in [0.1, 0.15) is 13.3 Å². The van der Waals surface area contributed by atoms with Crippen molar-refractivity contribution in [3.05, 3.63) is 11.8 Å². The number of hydrogen-bond acceptors (Lipinski definition) is 5. The normalized spacial score (nSPS) is 19.6. The van der Waals surface area contributed by atoms with Crippen molar-refractivity contribution in [3.8, 4) is 0 Å². The first-order chi connectivity index (χ1) is 6.04. The van der Waals surface area contributed by atoms with Gasteiger partial charge in [-0.1, -0.05) is 6.92 Å². The molecular formula is C8H16O5. The standard InChI is InChI=1S/C8H16O5/c1-2-3-5(10)7(12)8(13)6(11)4-9/h3,6-13H,2,4H2,1H3/t6-,7+,8+/m1/s1. The fourth-order valence-corrected chi connectivity index (χ4v) is 0.823. The minimum absolute atomic E-state index is 0.400. The monoisotopic (exact) mass is 192 g/mol. The fourth-order valence-electron chi connectivity index (χ4n) is 0.823. The van der Waals surface area contributed by atoms with Crippen LogP contribution in [0.25, 0.3) is 0 Å².